The molecule has 0 aliphatic carbocycles. The number of hydrogen-bond donors (Lipinski definition) is 3. The van der Waals surface area contributed by atoms with Crippen molar-refractivity contribution in [1.82, 2.24) is 5.32 Å². The SMILES string of the molecule is O=C(O)c1ccc(CNCC(O)c2ccc(F)cc2)cc1. The number of carboxylic acid groups (broad SMARTS) is 1. The van der Waals surface area contributed by atoms with E-state index in [0.717, 1.165) is 5.56 Å². The summed E-state index contributed by atoms with van der Waals surface area (Å²) in [5.74, 6) is -1.29. The van der Waals surface area contributed by atoms with Crippen molar-refractivity contribution in [2.24, 2.45) is 0 Å². The van der Waals surface area contributed by atoms with Gasteiger partial charge in [-0.3, -0.25) is 0 Å². The molecule has 4 nitrogen and oxygen atoms in total. The molecular weight excluding hydrogens is 273 g/mol. The molecule has 5 heteroatoms. The lowest BCUT2D eigenvalue weighted by molar-refractivity contribution is 0.0697. The van der Waals surface area contributed by atoms with Gasteiger partial charge in [0, 0.05) is 13.1 Å². The van der Waals surface area contributed by atoms with Gasteiger partial charge in [0.2, 0.25) is 0 Å². The fraction of sp³-hybridized carbons (Fsp3) is 0.188. The highest BCUT2D eigenvalue weighted by Crippen LogP contribution is 2.12. The summed E-state index contributed by atoms with van der Waals surface area (Å²) in [6, 6.07) is 12.2. The van der Waals surface area contributed by atoms with Crippen LogP contribution in [0.1, 0.15) is 27.6 Å². The minimum absolute atomic E-state index is 0.241. The molecule has 0 fully saturated rings. The van der Waals surface area contributed by atoms with Crippen LogP contribution in [0, 0.1) is 5.82 Å². The molecule has 0 bridgehead atoms. The summed E-state index contributed by atoms with van der Waals surface area (Å²) in [7, 11) is 0. The summed E-state index contributed by atoms with van der Waals surface area (Å²) in [5.41, 5.74) is 1.81. The van der Waals surface area contributed by atoms with Gasteiger partial charge in [0.15, 0.2) is 0 Å². The topological polar surface area (TPSA) is 69.6 Å². The van der Waals surface area contributed by atoms with Crippen LogP contribution in [0.15, 0.2) is 48.5 Å². The van der Waals surface area contributed by atoms with E-state index in [1.807, 2.05) is 0 Å². The van der Waals surface area contributed by atoms with E-state index in [0.29, 0.717) is 18.7 Å². The standard InChI is InChI=1S/C16H16FNO3/c17-14-7-5-12(6-8-14)15(19)10-18-9-11-1-3-13(4-2-11)16(20)21/h1-8,15,18-19H,9-10H2,(H,20,21). The zero-order chi connectivity index (χ0) is 15.2. The van der Waals surface area contributed by atoms with Gasteiger partial charge in [-0.25, -0.2) is 9.18 Å². The van der Waals surface area contributed by atoms with E-state index >= 15 is 0 Å². The monoisotopic (exact) mass is 289 g/mol. The van der Waals surface area contributed by atoms with Crippen molar-refractivity contribution in [3.05, 3.63) is 71.0 Å². The lowest BCUT2D eigenvalue weighted by atomic mass is 10.1. The van der Waals surface area contributed by atoms with Gasteiger partial charge in [-0.15, -0.1) is 0 Å². The summed E-state index contributed by atoms with van der Waals surface area (Å²) in [4.78, 5) is 10.7. The Labute approximate surface area is 121 Å². The van der Waals surface area contributed by atoms with Crippen molar-refractivity contribution in [2.75, 3.05) is 6.54 Å². The van der Waals surface area contributed by atoms with E-state index in [4.69, 9.17) is 5.11 Å². The lowest BCUT2D eigenvalue weighted by Crippen LogP contribution is -2.21. The van der Waals surface area contributed by atoms with E-state index in [2.05, 4.69) is 5.32 Å². The molecule has 0 aliphatic rings. The van der Waals surface area contributed by atoms with Crippen LogP contribution in [0.4, 0.5) is 4.39 Å². The minimum Gasteiger partial charge on any atom is -0.478 e. The maximum atomic E-state index is 12.8. The highest BCUT2D eigenvalue weighted by Gasteiger charge is 2.07. The van der Waals surface area contributed by atoms with Crippen molar-refractivity contribution < 1.29 is 19.4 Å². The first-order valence-electron chi connectivity index (χ1n) is 6.53. The predicted molar refractivity (Wildman–Crippen MR) is 76.5 cm³/mol. The van der Waals surface area contributed by atoms with Crippen LogP contribution >= 0.6 is 0 Å². The van der Waals surface area contributed by atoms with Crippen LogP contribution in [0.25, 0.3) is 0 Å². The van der Waals surface area contributed by atoms with Crippen LogP contribution < -0.4 is 5.32 Å². The summed E-state index contributed by atoms with van der Waals surface area (Å²) >= 11 is 0. The van der Waals surface area contributed by atoms with Gasteiger partial charge in [0.05, 0.1) is 11.7 Å². The molecule has 0 spiro atoms. The van der Waals surface area contributed by atoms with Crippen molar-refractivity contribution in [1.29, 1.82) is 0 Å². The molecule has 0 radical (unpaired) electrons. The predicted octanol–water partition coefficient (Wildman–Crippen LogP) is 2.35. The maximum absolute atomic E-state index is 12.8. The summed E-state index contributed by atoms with van der Waals surface area (Å²) < 4.78 is 12.8. The van der Waals surface area contributed by atoms with Gasteiger partial charge in [-0.05, 0) is 35.4 Å². The molecule has 0 saturated heterocycles. The van der Waals surface area contributed by atoms with Crippen molar-refractivity contribution in [3.8, 4) is 0 Å². The van der Waals surface area contributed by atoms with Crippen molar-refractivity contribution in [3.63, 3.8) is 0 Å². The van der Waals surface area contributed by atoms with Crippen LogP contribution in [-0.4, -0.2) is 22.7 Å². The van der Waals surface area contributed by atoms with Crippen molar-refractivity contribution in [2.45, 2.75) is 12.6 Å². The molecule has 0 heterocycles. The molecule has 0 saturated carbocycles. The normalized spacial score (nSPS) is 12.1. The third-order valence-electron chi connectivity index (χ3n) is 3.12. The van der Waals surface area contributed by atoms with Gasteiger partial charge in [-0.1, -0.05) is 24.3 Å². The largest absolute Gasteiger partial charge is 0.478 e. The zero-order valence-corrected chi connectivity index (χ0v) is 11.3. The quantitative estimate of drug-likeness (QED) is 0.763. The second-order valence-corrected chi connectivity index (χ2v) is 4.70. The Balaban J connectivity index is 1.83. The Bertz CT molecular complexity index is 596. The minimum atomic E-state index is -0.957. The molecule has 1 unspecified atom stereocenters. The molecule has 21 heavy (non-hydrogen) atoms. The number of aliphatic hydroxyl groups is 1. The van der Waals surface area contributed by atoms with Gasteiger partial charge in [0.1, 0.15) is 5.82 Å². The van der Waals surface area contributed by atoms with Gasteiger partial charge in [0.25, 0.3) is 0 Å². The summed E-state index contributed by atoms with van der Waals surface area (Å²) in [6.45, 7) is 0.838. The molecule has 0 aromatic heterocycles. The number of benzene rings is 2. The van der Waals surface area contributed by atoms with Gasteiger partial charge < -0.3 is 15.5 Å². The molecule has 1 atom stereocenters. The fourth-order valence-corrected chi connectivity index (χ4v) is 1.92. The Morgan fingerprint density at radius 1 is 1.10 bits per heavy atom. The molecule has 0 aliphatic heterocycles. The van der Waals surface area contributed by atoms with E-state index in [9.17, 15) is 14.3 Å². The summed E-state index contributed by atoms with van der Waals surface area (Å²) in [6.07, 6.45) is -0.719. The Morgan fingerprint density at radius 3 is 2.29 bits per heavy atom. The molecule has 2 aromatic carbocycles. The van der Waals surface area contributed by atoms with Crippen LogP contribution in [-0.2, 0) is 6.54 Å². The number of halogens is 1. The van der Waals surface area contributed by atoms with Crippen LogP contribution in [0.2, 0.25) is 0 Å². The van der Waals surface area contributed by atoms with E-state index in [1.54, 1.807) is 24.3 Å². The molecule has 3 N–H and O–H groups in total. The summed E-state index contributed by atoms with van der Waals surface area (Å²) in [5, 5.41) is 21.8. The molecule has 0 amide bonds. The third-order valence-corrected chi connectivity index (χ3v) is 3.12. The second-order valence-electron chi connectivity index (χ2n) is 4.70. The number of carboxylic acids is 1. The maximum Gasteiger partial charge on any atom is 0.335 e. The number of nitrogens with one attached hydrogen (secondary N) is 1. The number of rotatable bonds is 6. The lowest BCUT2D eigenvalue weighted by Gasteiger charge is -2.12. The molecule has 2 aromatic rings. The highest BCUT2D eigenvalue weighted by molar-refractivity contribution is 5.87. The molecule has 2 rings (SSSR count). The van der Waals surface area contributed by atoms with Crippen molar-refractivity contribution >= 4 is 5.97 Å². The van der Waals surface area contributed by atoms with Gasteiger partial charge in [-0.2, -0.15) is 0 Å². The smallest absolute Gasteiger partial charge is 0.335 e. The first-order valence-corrected chi connectivity index (χ1v) is 6.53. The Hall–Kier alpha value is -2.24. The fourth-order valence-electron chi connectivity index (χ4n) is 1.92. The number of aliphatic hydroxyl groups excluding tert-OH is 1. The Kier molecular flexibility index (Phi) is 5.03. The molecular formula is C16H16FNO3. The van der Waals surface area contributed by atoms with Crippen LogP contribution in [0.3, 0.4) is 0 Å². The Morgan fingerprint density at radius 2 is 1.71 bits per heavy atom. The number of hydrogen-bond acceptors (Lipinski definition) is 3. The third kappa shape index (κ3) is 4.37. The first kappa shape index (κ1) is 15.2. The van der Waals surface area contributed by atoms with Crippen LogP contribution in [0.5, 0.6) is 0 Å². The van der Waals surface area contributed by atoms with Gasteiger partial charge >= 0.3 is 5.97 Å². The van der Waals surface area contributed by atoms with E-state index in [1.165, 1.54) is 24.3 Å². The van der Waals surface area contributed by atoms with E-state index in [-0.39, 0.29) is 11.4 Å². The first-order chi connectivity index (χ1) is 10.1. The number of carbonyl (C=O) groups is 1. The van der Waals surface area contributed by atoms with E-state index < -0.39 is 12.1 Å². The highest BCUT2D eigenvalue weighted by atomic mass is 19.1. The average molecular weight is 289 g/mol. The molecule has 110 valence electrons. The zero-order valence-electron chi connectivity index (χ0n) is 11.3. The average Bonchev–Trinajstić information content (AvgIpc) is 2.48. The second kappa shape index (κ2) is 6.97. The number of aromatic carboxylic acids is 1.